The number of carbonyl (C=O) groups excluding carboxylic acids is 1. The van der Waals surface area contributed by atoms with Gasteiger partial charge in [-0.05, 0) is 38.3 Å². The minimum Gasteiger partial charge on any atom is -0.382 e. The Morgan fingerprint density at radius 2 is 2.19 bits per heavy atom. The summed E-state index contributed by atoms with van der Waals surface area (Å²) in [5.41, 5.74) is 3.40. The highest BCUT2D eigenvalue weighted by Gasteiger charge is 2.17. The van der Waals surface area contributed by atoms with E-state index in [1.54, 1.807) is 0 Å². The molecule has 0 saturated heterocycles. The first-order chi connectivity index (χ1) is 10.2. The number of fused-ring (bicyclic) bond motifs is 1. The molecule has 2 aromatic heterocycles. The number of aryl methyl sites for hydroxylation is 2. The number of carbonyl (C=O) groups is 1. The number of aromatic nitrogens is 2. The van der Waals surface area contributed by atoms with Crippen LogP contribution in [0.4, 0.5) is 0 Å². The molecule has 2 rings (SSSR count). The number of hydrogen-bond acceptors (Lipinski definition) is 3. The van der Waals surface area contributed by atoms with Gasteiger partial charge in [-0.15, -0.1) is 0 Å². The van der Waals surface area contributed by atoms with Crippen molar-refractivity contribution in [1.29, 1.82) is 0 Å². The second-order valence-electron chi connectivity index (χ2n) is 5.00. The van der Waals surface area contributed by atoms with Crippen LogP contribution in [0.1, 0.15) is 42.0 Å². The normalized spacial score (nSPS) is 11.0. The summed E-state index contributed by atoms with van der Waals surface area (Å²) in [7, 11) is 0. The molecule has 1 N–H and O–H groups in total. The van der Waals surface area contributed by atoms with Gasteiger partial charge in [0.25, 0.3) is 5.91 Å². The van der Waals surface area contributed by atoms with E-state index in [-0.39, 0.29) is 5.91 Å². The number of ether oxygens (including phenoxy) is 1. The largest absolute Gasteiger partial charge is 0.382 e. The van der Waals surface area contributed by atoms with Crippen molar-refractivity contribution in [2.75, 3.05) is 19.8 Å². The fourth-order valence-electron chi connectivity index (χ4n) is 2.29. The molecule has 0 atom stereocenters. The highest BCUT2D eigenvalue weighted by atomic mass is 16.5. The van der Waals surface area contributed by atoms with Gasteiger partial charge in [0.15, 0.2) is 0 Å². The Kier molecular flexibility index (Phi) is 5.33. The molecule has 0 unspecified atom stereocenters. The quantitative estimate of drug-likeness (QED) is 0.796. The maximum atomic E-state index is 12.4. The molecular weight excluding hydrogens is 266 g/mol. The van der Waals surface area contributed by atoms with E-state index in [0.717, 1.165) is 29.7 Å². The van der Waals surface area contributed by atoms with Gasteiger partial charge in [-0.2, -0.15) is 0 Å². The first-order valence-corrected chi connectivity index (χ1v) is 7.50. The average molecular weight is 289 g/mol. The first kappa shape index (κ1) is 15.5. The molecule has 21 heavy (non-hydrogen) atoms. The smallest absolute Gasteiger partial charge is 0.270 e. The summed E-state index contributed by atoms with van der Waals surface area (Å²) in [6.45, 7) is 7.98. The summed E-state index contributed by atoms with van der Waals surface area (Å²) >= 11 is 0. The van der Waals surface area contributed by atoms with Crippen LogP contribution in [0.25, 0.3) is 5.65 Å². The minimum atomic E-state index is -0.0681. The van der Waals surface area contributed by atoms with E-state index in [4.69, 9.17) is 4.74 Å². The summed E-state index contributed by atoms with van der Waals surface area (Å²) < 4.78 is 7.15. The van der Waals surface area contributed by atoms with Crippen molar-refractivity contribution in [3.8, 4) is 0 Å². The Bertz CT molecular complexity index is 619. The van der Waals surface area contributed by atoms with Crippen molar-refractivity contribution in [1.82, 2.24) is 14.7 Å². The molecule has 0 radical (unpaired) electrons. The van der Waals surface area contributed by atoms with Gasteiger partial charge in [-0.1, -0.05) is 13.0 Å². The van der Waals surface area contributed by atoms with Gasteiger partial charge >= 0.3 is 0 Å². The zero-order valence-corrected chi connectivity index (χ0v) is 13.0. The van der Waals surface area contributed by atoms with Crippen molar-refractivity contribution < 1.29 is 9.53 Å². The van der Waals surface area contributed by atoms with E-state index in [1.165, 1.54) is 0 Å². The summed E-state index contributed by atoms with van der Waals surface area (Å²) in [6, 6.07) is 3.95. The van der Waals surface area contributed by atoms with Crippen molar-refractivity contribution in [3.05, 3.63) is 35.3 Å². The van der Waals surface area contributed by atoms with Crippen LogP contribution >= 0.6 is 0 Å². The molecule has 0 aliphatic heterocycles. The fourth-order valence-corrected chi connectivity index (χ4v) is 2.29. The van der Waals surface area contributed by atoms with E-state index in [1.807, 2.05) is 43.5 Å². The minimum absolute atomic E-state index is 0.0681. The molecule has 0 saturated carbocycles. The van der Waals surface area contributed by atoms with Crippen LogP contribution in [-0.4, -0.2) is 35.1 Å². The van der Waals surface area contributed by atoms with E-state index in [9.17, 15) is 4.79 Å². The lowest BCUT2D eigenvalue weighted by molar-refractivity contribution is 0.0937. The van der Waals surface area contributed by atoms with Gasteiger partial charge in [0.05, 0.1) is 5.69 Å². The second-order valence-corrected chi connectivity index (χ2v) is 5.00. The van der Waals surface area contributed by atoms with E-state index in [0.29, 0.717) is 25.5 Å². The van der Waals surface area contributed by atoms with Crippen LogP contribution in [0.2, 0.25) is 0 Å². The standard InChI is InChI=1S/C16H23N3O2/c1-4-13-15(16(20)17-9-6-10-21-5-2)19-11-12(3)7-8-14(19)18-13/h7-8,11H,4-6,9-10H2,1-3H3,(H,17,20). The maximum Gasteiger partial charge on any atom is 0.270 e. The summed E-state index contributed by atoms with van der Waals surface area (Å²) in [5, 5.41) is 2.95. The molecule has 0 aromatic carbocycles. The zero-order valence-electron chi connectivity index (χ0n) is 13.0. The van der Waals surface area contributed by atoms with Gasteiger partial charge in [-0.25, -0.2) is 4.98 Å². The lowest BCUT2D eigenvalue weighted by atomic mass is 10.2. The lowest BCUT2D eigenvalue weighted by Crippen LogP contribution is -2.27. The molecule has 2 aromatic rings. The Labute approximate surface area is 125 Å². The van der Waals surface area contributed by atoms with E-state index in [2.05, 4.69) is 10.3 Å². The molecule has 0 aliphatic rings. The molecule has 1 amide bonds. The van der Waals surface area contributed by atoms with Crippen molar-refractivity contribution in [3.63, 3.8) is 0 Å². The van der Waals surface area contributed by atoms with Crippen LogP contribution in [0, 0.1) is 6.92 Å². The molecule has 0 fully saturated rings. The van der Waals surface area contributed by atoms with Crippen LogP contribution in [0.3, 0.4) is 0 Å². The molecular formula is C16H23N3O2. The van der Waals surface area contributed by atoms with Crippen LogP contribution in [0.5, 0.6) is 0 Å². The second kappa shape index (κ2) is 7.22. The van der Waals surface area contributed by atoms with E-state index >= 15 is 0 Å². The molecule has 0 spiro atoms. The summed E-state index contributed by atoms with van der Waals surface area (Å²) in [4.78, 5) is 17.0. The Hall–Kier alpha value is -1.88. The first-order valence-electron chi connectivity index (χ1n) is 7.50. The number of amides is 1. The topological polar surface area (TPSA) is 55.6 Å². The predicted molar refractivity (Wildman–Crippen MR) is 82.8 cm³/mol. The van der Waals surface area contributed by atoms with Crippen LogP contribution < -0.4 is 5.32 Å². The Morgan fingerprint density at radius 1 is 1.38 bits per heavy atom. The van der Waals surface area contributed by atoms with Gasteiger partial charge < -0.3 is 10.1 Å². The number of nitrogens with one attached hydrogen (secondary N) is 1. The van der Waals surface area contributed by atoms with Gasteiger partial charge in [0, 0.05) is 26.0 Å². The Balaban J connectivity index is 2.15. The number of imidazole rings is 1. The number of pyridine rings is 1. The third-order valence-electron chi connectivity index (χ3n) is 3.34. The summed E-state index contributed by atoms with van der Waals surface area (Å²) in [6.07, 6.45) is 3.51. The summed E-state index contributed by atoms with van der Waals surface area (Å²) in [5.74, 6) is -0.0681. The monoisotopic (exact) mass is 289 g/mol. The zero-order chi connectivity index (χ0) is 15.2. The molecule has 114 valence electrons. The number of nitrogens with zero attached hydrogens (tertiary/aromatic N) is 2. The highest BCUT2D eigenvalue weighted by Crippen LogP contribution is 2.14. The molecule has 5 heteroatoms. The number of rotatable bonds is 7. The van der Waals surface area contributed by atoms with E-state index < -0.39 is 0 Å². The molecule has 2 heterocycles. The van der Waals surface area contributed by atoms with Gasteiger partial charge in [-0.3, -0.25) is 9.20 Å². The van der Waals surface area contributed by atoms with Gasteiger partial charge in [0.2, 0.25) is 0 Å². The van der Waals surface area contributed by atoms with Crippen molar-refractivity contribution >= 4 is 11.6 Å². The lowest BCUT2D eigenvalue weighted by Gasteiger charge is -2.07. The van der Waals surface area contributed by atoms with Gasteiger partial charge in [0.1, 0.15) is 11.3 Å². The third kappa shape index (κ3) is 3.61. The molecule has 0 bridgehead atoms. The van der Waals surface area contributed by atoms with Crippen molar-refractivity contribution in [2.45, 2.75) is 33.6 Å². The van der Waals surface area contributed by atoms with Crippen molar-refractivity contribution in [2.24, 2.45) is 0 Å². The Morgan fingerprint density at radius 3 is 2.90 bits per heavy atom. The number of hydrogen-bond donors (Lipinski definition) is 1. The predicted octanol–water partition coefficient (Wildman–Crippen LogP) is 2.36. The maximum absolute atomic E-state index is 12.4. The fraction of sp³-hybridized carbons (Fsp3) is 0.500. The third-order valence-corrected chi connectivity index (χ3v) is 3.34. The molecule has 0 aliphatic carbocycles. The highest BCUT2D eigenvalue weighted by molar-refractivity contribution is 5.94. The van der Waals surface area contributed by atoms with Crippen LogP contribution in [-0.2, 0) is 11.2 Å². The van der Waals surface area contributed by atoms with Crippen LogP contribution in [0.15, 0.2) is 18.3 Å². The molecule has 5 nitrogen and oxygen atoms in total. The average Bonchev–Trinajstić information content (AvgIpc) is 2.84. The SMILES string of the molecule is CCOCCCNC(=O)c1c(CC)nc2ccc(C)cn12.